The molecule has 1 N–H and O–H groups in total. The summed E-state index contributed by atoms with van der Waals surface area (Å²) >= 11 is 6.48. The molecule has 2 aromatic rings. The number of rotatable bonds is 6. The van der Waals surface area contributed by atoms with Crippen molar-refractivity contribution in [1.82, 2.24) is 9.78 Å². The molecule has 2 aromatic heterocycles. The van der Waals surface area contributed by atoms with Gasteiger partial charge in [-0.2, -0.15) is 18.3 Å². The number of hydrogen-bond donors (Lipinski definition) is 1. The molecule has 0 unspecified atom stereocenters. The summed E-state index contributed by atoms with van der Waals surface area (Å²) in [6, 6.07) is 0. The van der Waals surface area contributed by atoms with Gasteiger partial charge in [0.2, 0.25) is 0 Å². The van der Waals surface area contributed by atoms with Crippen LogP contribution in [0, 0.1) is 6.92 Å². The summed E-state index contributed by atoms with van der Waals surface area (Å²) in [5.74, 6) is -2.64. The molecule has 0 saturated heterocycles. The first-order valence-electron chi connectivity index (χ1n) is 8.92. The number of hydrogen-bond acceptors (Lipinski definition) is 7. The molecule has 0 atom stereocenters. The van der Waals surface area contributed by atoms with E-state index in [0.717, 1.165) is 18.4 Å². The van der Waals surface area contributed by atoms with E-state index in [1.54, 1.807) is 20.8 Å². The fraction of sp³-hybridized carbons (Fsp3) is 0.444. The number of aryl methyl sites for hydroxylation is 1. The highest BCUT2D eigenvalue weighted by atomic mass is 35.5. The maximum absolute atomic E-state index is 13.1. The average Bonchev–Trinajstić information content (AvgIpc) is 3.10. The molecule has 31 heavy (non-hydrogen) atoms. The Morgan fingerprint density at radius 3 is 2.35 bits per heavy atom. The molecule has 0 aromatic carbocycles. The number of nitrogens with one attached hydrogen (secondary N) is 1. The molecule has 0 aliphatic carbocycles. The zero-order chi connectivity index (χ0) is 23.7. The lowest BCUT2D eigenvalue weighted by molar-refractivity contribution is -0.143. The second kappa shape index (κ2) is 9.27. The molecule has 13 heteroatoms. The normalized spacial score (nSPS) is 11.5. The topological polar surface area (TPSA) is 99.5 Å². The van der Waals surface area contributed by atoms with Crippen LogP contribution >= 0.6 is 22.9 Å². The number of amides is 1. The molecular weight excluding hydrogens is 463 g/mol. The van der Waals surface area contributed by atoms with Gasteiger partial charge in [-0.05, 0) is 33.3 Å². The predicted molar refractivity (Wildman–Crippen MR) is 107 cm³/mol. The first kappa shape index (κ1) is 24.7. The van der Waals surface area contributed by atoms with Crippen LogP contribution in [0.1, 0.15) is 62.5 Å². The second-order valence-corrected chi connectivity index (χ2v) is 7.92. The summed E-state index contributed by atoms with van der Waals surface area (Å²) in [6.07, 6.45) is -5.33. The predicted octanol–water partition coefficient (Wildman–Crippen LogP) is 4.46. The van der Waals surface area contributed by atoms with Crippen molar-refractivity contribution in [3.8, 4) is 0 Å². The molecule has 2 heterocycles. The smallest absolute Gasteiger partial charge is 0.434 e. The van der Waals surface area contributed by atoms with Crippen molar-refractivity contribution in [2.24, 2.45) is 7.05 Å². The standard InChI is InChI=1S/C18H19ClF3N3O5S/c1-6-29-17(28)12-8(4)9(16(27)30-7(2)3)15(31-12)23-14(26)11-10(19)13(18(20,21)22)25(5)24-11/h7H,6H2,1-5H3,(H,23,26). The van der Waals surface area contributed by atoms with Crippen LogP contribution in [0.5, 0.6) is 0 Å². The van der Waals surface area contributed by atoms with Crippen LogP contribution < -0.4 is 5.32 Å². The summed E-state index contributed by atoms with van der Waals surface area (Å²) in [6.45, 7) is 6.35. The van der Waals surface area contributed by atoms with Gasteiger partial charge in [0.15, 0.2) is 11.4 Å². The van der Waals surface area contributed by atoms with Crippen molar-refractivity contribution in [2.45, 2.75) is 40.0 Å². The monoisotopic (exact) mass is 481 g/mol. The number of carbonyl (C=O) groups excluding carboxylic acids is 3. The molecule has 0 radical (unpaired) electrons. The Bertz CT molecular complexity index is 1030. The molecule has 1 amide bonds. The van der Waals surface area contributed by atoms with Crippen LogP contribution in [0.2, 0.25) is 5.02 Å². The zero-order valence-electron chi connectivity index (χ0n) is 17.1. The van der Waals surface area contributed by atoms with E-state index in [4.69, 9.17) is 21.1 Å². The first-order valence-corrected chi connectivity index (χ1v) is 10.1. The summed E-state index contributed by atoms with van der Waals surface area (Å²) in [7, 11) is 0.991. The van der Waals surface area contributed by atoms with Crippen LogP contribution in [-0.4, -0.2) is 40.3 Å². The molecule has 8 nitrogen and oxygen atoms in total. The highest BCUT2D eigenvalue weighted by Crippen LogP contribution is 2.38. The van der Waals surface area contributed by atoms with Crippen LogP contribution in [0.15, 0.2) is 0 Å². The fourth-order valence-electron chi connectivity index (χ4n) is 2.63. The highest BCUT2D eigenvalue weighted by Gasteiger charge is 2.40. The summed E-state index contributed by atoms with van der Waals surface area (Å²) in [5, 5.41) is 4.86. The van der Waals surface area contributed by atoms with Gasteiger partial charge in [0, 0.05) is 7.05 Å². The van der Waals surface area contributed by atoms with Gasteiger partial charge in [0.25, 0.3) is 5.91 Å². The highest BCUT2D eigenvalue weighted by molar-refractivity contribution is 7.18. The Balaban J connectivity index is 2.51. The van der Waals surface area contributed by atoms with E-state index in [0.29, 0.717) is 4.68 Å². The van der Waals surface area contributed by atoms with Crippen molar-refractivity contribution < 1.29 is 37.0 Å². The first-order chi connectivity index (χ1) is 14.3. The molecule has 0 fully saturated rings. The Kier molecular flexibility index (Phi) is 7.37. The maximum atomic E-state index is 13.1. The number of thiophene rings is 1. The van der Waals surface area contributed by atoms with Crippen molar-refractivity contribution in [3.63, 3.8) is 0 Å². The lowest BCUT2D eigenvalue weighted by Gasteiger charge is -2.10. The van der Waals surface area contributed by atoms with Gasteiger partial charge < -0.3 is 14.8 Å². The van der Waals surface area contributed by atoms with Crippen LogP contribution in [-0.2, 0) is 22.7 Å². The Hall–Kier alpha value is -2.60. The van der Waals surface area contributed by atoms with E-state index < -0.39 is 46.5 Å². The number of nitrogens with zero attached hydrogens (tertiary/aromatic N) is 2. The second-order valence-electron chi connectivity index (χ2n) is 6.52. The van der Waals surface area contributed by atoms with E-state index in [1.165, 1.54) is 6.92 Å². The van der Waals surface area contributed by atoms with Gasteiger partial charge in [-0.15, -0.1) is 11.3 Å². The van der Waals surface area contributed by atoms with Crippen molar-refractivity contribution in [1.29, 1.82) is 0 Å². The van der Waals surface area contributed by atoms with Gasteiger partial charge in [-0.3, -0.25) is 9.48 Å². The minimum Gasteiger partial charge on any atom is -0.462 e. The van der Waals surface area contributed by atoms with E-state index in [-0.39, 0.29) is 27.6 Å². The summed E-state index contributed by atoms with van der Waals surface area (Å²) in [4.78, 5) is 37.4. The lowest BCUT2D eigenvalue weighted by atomic mass is 10.1. The average molecular weight is 482 g/mol. The third kappa shape index (κ3) is 5.18. The largest absolute Gasteiger partial charge is 0.462 e. The maximum Gasteiger partial charge on any atom is 0.434 e. The number of ether oxygens (including phenoxy) is 2. The van der Waals surface area contributed by atoms with Crippen LogP contribution in [0.4, 0.5) is 18.2 Å². The molecule has 0 bridgehead atoms. The van der Waals surface area contributed by atoms with E-state index >= 15 is 0 Å². The number of esters is 2. The molecule has 2 rings (SSSR count). The number of anilines is 1. The Morgan fingerprint density at radius 2 is 1.87 bits per heavy atom. The van der Waals surface area contributed by atoms with Gasteiger partial charge in [-0.25, -0.2) is 9.59 Å². The number of aromatic nitrogens is 2. The van der Waals surface area contributed by atoms with Gasteiger partial charge >= 0.3 is 18.1 Å². The Morgan fingerprint density at radius 1 is 1.26 bits per heavy atom. The quantitative estimate of drug-likeness (QED) is 0.612. The molecule has 0 saturated carbocycles. The fourth-order valence-corrected chi connectivity index (χ4v) is 4.06. The number of carbonyl (C=O) groups is 3. The minimum absolute atomic E-state index is 0.0379. The summed E-state index contributed by atoms with van der Waals surface area (Å²) < 4.78 is 50.0. The molecule has 0 aliphatic heterocycles. The van der Waals surface area contributed by atoms with Crippen molar-refractivity contribution in [2.75, 3.05) is 11.9 Å². The minimum atomic E-state index is -4.83. The van der Waals surface area contributed by atoms with Crippen LogP contribution in [0.3, 0.4) is 0 Å². The van der Waals surface area contributed by atoms with Crippen molar-refractivity contribution in [3.05, 3.63) is 32.4 Å². The van der Waals surface area contributed by atoms with E-state index in [2.05, 4.69) is 10.4 Å². The summed E-state index contributed by atoms with van der Waals surface area (Å²) in [5.41, 5.74) is -1.90. The van der Waals surface area contributed by atoms with Gasteiger partial charge in [0.05, 0.1) is 18.3 Å². The van der Waals surface area contributed by atoms with Gasteiger partial charge in [-0.1, -0.05) is 11.6 Å². The Labute approximate surface area is 184 Å². The third-order valence-electron chi connectivity index (χ3n) is 3.85. The molecule has 170 valence electrons. The van der Waals surface area contributed by atoms with Crippen molar-refractivity contribution >= 4 is 45.8 Å². The zero-order valence-corrected chi connectivity index (χ0v) is 18.7. The van der Waals surface area contributed by atoms with E-state index in [9.17, 15) is 27.6 Å². The lowest BCUT2D eigenvalue weighted by Crippen LogP contribution is -2.17. The SMILES string of the molecule is CCOC(=O)c1sc(NC(=O)c2nn(C)c(C(F)(F)F)c2Cl)c(C(=O)OC(C)C)c1C. The molecule has 0 spiro atoms. The van der Waals surface area contributed by atoms with E-state index in [1.807, 2.05) is 0 Å². The molecular formula is C18H19ClF3N3O5S. The van der Waals surface area contributed by atoms with Crippen LogP contribution in [0.25, 0.3) is 0 Å². The third-order valence-corrected chi connectivity index (χ3v) is 5.40. The number of alkyl halides is 3. The molecule has 0 aliphatic rings. The number of halogens is 4. The van der Waals surface area contributed by atoms with Gasteiger partial charge in [0.1, 0.15) is 14.9 Å².